The number of rotatable bonds is 8. The van der Waals surface area contributed by atoms with Gasteiger partial charge in [0, 0.05) is 11.8 Å². The molecule has 318 valence electrons. The Labute approximate surface area is 404 Å². The van der Waals surface area contributed by atoms with Crippen LogP contribution in [0.5, 0.6) is 11.5 Å². The quantitative estimate of drug-likeness (QED) is 0.112. The number of anilines is 2. The average molecular weight is 1030 g/mol. The fourth-order valence-electron chi connectivity index (χ4n) is 8.42. The zero-order valence-corrected chi connectivity index (χ0v) is 37.9. The van der Waals surface area contributed by atoms with E-state index in [2.05, 4.69) is 76.0 Å². The fraction of sp³-hybridized carbons (Fsp3) is 0.0893. The zero-order chi connectivity index (χ0) is 52.9. The molecule has 0 spiro atoms. The molecule has 0 atom stereocenters. The first-order valence-corrected chi connectivity index (χ1v) is 22.1. The van der Waals surface area contributed by atoms with Crippen molar-refractivity contribution in [3.63, 3.8) is 0 Å². The second kappa shape index (κ2) is 16.4. The Hall–Kier alpha value is -7.28. The van der Waals surface area contributed by atoms with Crippen molar-refractivity contribution in [1.29, 1.82) is 0 Å². The second-order valence-electron chi connectivity index (χ2n) is 16.6. The van der Waals surface area contributed by atoms with E-state index in [0.29, 0.717) is 32.0 Å². The van der Waals surface area contributed by atoms with Crippen molar-refractivity contribution in [3.8, 4) is 67.6 Å². The van der Waals surface area contributed by atoms with Crippen molar-refractivity contribution >= 4 is 29.5 Å². The molecule has 1 aliphatic rings. The topological polar surface area (TPSA) is 53.0 Å². The second-order valence-corrected chi connectivity index (χ2v) is 17.6. The summed E-state index contributed by atoms with van der Waals surface area (Å²) in [7, 11) is 0. The summed E-state index contributed by atoms with van der Waals surface area (Å²) >= 11 is 2.15. The van der Waals surface area contributed by atoms with Crippen molar-refractivity contribution in [1.82, 2.24) is 23.8 Å². The molecular weight excluding hydrogens is 979 g/mol. The van der Waals surface area contributed by atoms with Crippen molar-refractivity contribution in [2.75, 3.05) is 4.81 Å². The van der Waals surface area contributed by atoms with E-state index in [9.17, 15) is 0 Å². The van der Waals surface area contributed by atoms with E-state index in [1.54, 1.807) is 24.3 Å². The monoisotopic (exact) mass is 1030 g/mol. The zero-order valence-electron chi connectivity index (χ0n) is 45.6. The van der Waals surface area contributed by atoms with E-state index in [-0.39, 0.29) is 40.3 Å². The molecule has 0 radical (unpaired) electrons. The number of benzene rings is 7. The van der Waals surface area contributed by atoms with Gasteiger partial charge in [0.2, 0.25) is 0 Å². The normalized spacial score (nSPS) is 14.5. The first-order chi connectivity index (χ1) is 35.8. The first kappa shape index (κ1) is 30.7. The number of hydrogen-bond donors (Lipinski definition) is 0. The van der Waals surface area contributed by atoms with Gasteiger partial charge in [-0.05, 0) is 17.0 Å². The molecule has 65 heavy (non-hydrogen) atoms. The van der Waals surface area contributed by atoms with E-state index >= 15 is 0 Å². The summed E-state index contributed by atoms with van der Waals surface area (Å²) in [6, 6.07) is 39.8. The van der Waals surface area contributed by atoms with Gasteiger partial charge in [-0.25, -0.2) is 0 Å². The molecule has 10 aromatic rings. The van der Waals surface area contributed by atoms with Crippen LogP contribution in [0.25, 0.3) is 67.2 Å². The minimum atomic E-state index is -0.568. The fourth-order valence-corrected chi connectivity index (χ4v) is 9.50. The molecule has 0 N–H and O–H groups in total. The van der Waals surface area contributed by atoms with E-state index in [1.165, 1.54) is 0 Å². The Kier molecular flexibility index (Phi) is 7.74. The number of fused-ring (bicyclic) bond motifs is 4. The van der Waals surface area contributed by atoms with E-state index in [1.807, 2.05) is 105 Å². The standard InChI is InChI=1S/C56H43BN6O.Pt/c1-56(2,3)42-32-33-58-54(34-42)62-52-36-45(30-31-48(52)53-37-49(59-63(53)57(62)4)41-22-12-7-13-23-41)64-44-25-16-24-43(35-44)60-38-61(51-29-15-14-28-50(51)60)55-46(39-18-8-5-9-19-39)26-17-27-47(55)40-20-10-6-11-21-40;/h5-34,37H,1-4H3;/q-2;/i5D,6D,8D,9D,10D,11D,18D,19D,20D,21D;. The number of hydrogen-bond acceptors (Lipinski definition) is 4. The van der Waals surface area contributed by atoms with Gasteiger partial charge in [0.15, 0.2) is 0 Å². The molecule has 7 nitrogen and oxygen atoms in total. The van der Waals surface area contributed by atoms with Crippen LogP contribution in [0.4, 0.5) is 11.5 Å². The number of nitrogens with zero attached hydrogens (tertiary/aromatic N) is 6. The number of ether oxygens (including phenoxy) is 1. The maximum absolute atomic E-state index is 9.09. The molecule has 0 saturated carbocycles. The third kappa shape index (κ3) is 7.28. The third-order valence-corrected chi connectivity index (χ3v) is 12.5. The van der Waals surface area contributed by atoms with Gasteiger partial charge in [-0.3, -0.25) is 0 Å². The number of imidazole rings is 1. The Morgan fingerprint density at radius 1 is 0.646 bits per heavy atom. The minimum absolute atomic E-state index is 0.124. The number of para-hydroxylation sites is 3. The Morgan fingerprint density at radius 3 is 1.98 bits per heavy atom. The number of pyridine rings is 1. The molecule has 0 fully saturated rings. The van der Waals surface area contributed by atoms with Crippen LogP contribution in [0.1, 0.15) is 40.0 Å². The average Bonchev–Trinajstić information content (AvgIpc) is 4.00. The van der Waals surface area contributed by atoms with Crippen molar-refractivity contribution in [2.45, 2.75) is 33.0 Å². The molecule has 4 heterocycles. The SMILES string of the molecule is [2H]c1c([2H])c([2H])c(-c2cccc(-c3c([2H])c([2H])c([2H])c([2H])c3[2H])c2-n2[c](=[Pt])n(-c3[c-]c(Oc4[c-]c5c(cc4)-c4cc(-c6ccccc6)nn4B(C)N5c4cc(C(C)(C)C)ccn4)ccc3)c3ccccc32)c([2H])c1[2H]. The van der Waals surface area contributed by atoms with Gasteiger partial charge < -0.3 is 0 Å². The predicted octanol–water partition coefficient (Wildman–Crippen LogP) is 13.6. The molecule has 1 aliphatic heterocycles. The summed E-state index contributed by atoms with van der Waals surface area (Å²) < 4.78 is 101. The van der Waals surface area contributed by atoms with Crippen molar-refractivity contribution in [3.05, 3.63) is 209 Å². The van der Waals surface area contributed by atoms with Gasteiger partial charge in [-0.1, -0.05) is 51.1 Å². The van der Waals surface area contributed by atoms with Crippen LogP contribution in [0, 0.1) is 15.9 Å². The van der Waals surface area contributed by atoms with Crippen LogP contribution in [0.3, 0.4) is 0 Å². The molecule has 0 unspecified atom stereocenters. The Morgan fingerprint density at radius 2 is 1.29 bits per heavy atom. The van der Waals surface area contributed by atoms with Gasteiger partial charge in [0.1, 0.15) is 0 Å². The third-order valence-electron chi connectivity index (χ3n) is 11.5. The molecule has 0 amide bonds. The van der Waals surface area contributed by atoms with E-state index in [4.69, 9.17) is 28.5 Å². The molecular formula is C56H43BN6OPt-2. The number of aromatic nitrogens is 5. The molecule has 0 saturated heterocycles. The van der Waals surface area contributed by atoms with Crippen LogP contribution in [0.15, 0.2) is 188 Å². The van der Waals surface area contributed by atoms with Crippen molar-refractivity contribution < 1.29 is 37.8 Å². The van der Waals surface area contributed by atoms with Gasteiger partial charge in [0.25, 0.3) is 0 Å². The first-order valence-electron chi connectivity index (χ1n) is 26.0. The van der Waals surface area contributed by atoms with Gasteiger partial charge in [-0.2, -0.15) is 5.10 Å². The summed E-state index contributed by atoms with van der Waals surface area (Å²) in [5.41, 5.74) is 7.50. The van der Waals surface area contributed by atoms with Gasteiger partial charge in [-0.15, -0.1) is 0 Å². The summed E-state index contributed by atoms with van der Waals surface area (Å²) in [6.07, 6.45) is 1.83. The van der Waals surface area contributed by atoms with Gasteiger partial charge in [0.05, 0.1) is 5.69 Å². The van der Waals surface area contributed by atoms with Crippen LogP contribution < -0.4 is 9.55 Å². The van der Waals surface area contributed by atoms with Crippen LogP contribution in [-0.2, 0) is 24.8 Å². The van der Waals surface area contributed by atoms with E-state index < -0.39 is 60.4 Å². The molecule has 11 rings (SSSR count). The molecule has 0 bridgehead atoms. The van der Waals surface area contributed by atoms with Crippen LogP contribution >= 0.6 is 0 Å². The molecule has 3 aromatic heterocycles. The Balaban J connectivity index is 1.07. The van der Waals surface area contributed by atoms with Crippen LogP contribution in [-0.4, -0.2) is 30.8 Å². The van der Waals surface area contributed by atoms with Crippen LogP contribution in [0.2, 0.25) is 6.82 Å². The van der Waals surface area contributed by atoms with Crippen molar-refractivity contribution in [2.24, 2.45) is 0 Å². The summed E-state index contributed by atoms with van der Waals surface area (Å²) in [6.45, 7) is 8.29. The summed E-state index contributed by atoms with van der Waals surface area (Å²) in [5.74, 6) is 1.51. The maximum atomic E-state index is 9.09. The molecule has 9 heteroatoms. The molecule has 0 aliphatic carbocycles. The summed E-state index contributed by atoms with van der Waals surface area (Å²) in [5, 5.41) is 5.12. The predicted molar refractivity (Wildman–Crippen MR) is 260 cm³/mol. The molecule has 7 aromatic carbocycles. The Bertz CT molecular complexity index is 3920. The van der Waals surface area contributed by atoms with Gasteiger partial charge >= 0.3 is 315 Å². The van der Waals surface area contributed by atoms with E-state index in [0.717, 1.165) is 39.6 Å². The summed E-state index contributed by atoms with van der Waals surface area (Å²) in [4.78, 5) is 7.02.